The topological polar surface area (TPSA) is 42.7 Å². The van der Waals surface area contributed by atoms with Crippen molar-refractivity contribution in [2.24, 2.45) is 0 Å². The number of hydrogen-bond acceptors (Lipinski definition) is 3. The van der Waals surface area contributed by atoms with E-state index in [0.717, 1.165) is 18.5 Å². The summed E-state index contributed by atoms with van der Waals surface area (Å²) in [5.74, 6) is 0. The normalized spacial score (nSPS) is 12.6. The van der Waals surface area contributed by atoms with E-state index >= 15 is 0 Å². The van der Waals surface area contributed by atoms with Crippen LogP contribution in [0.1, 0.15) is 18.0 Å². The molecule has 0 aliphatic carbocycles. The number of halogens is 2. The van der Waals surface area contributed by atoms with Crippen molar-refractivity contribution < 1.29 is 0 Å². The first kappa shape index (κ1) is 13.3. The molecule has 1 aromatic heterocycles. The third kappa shape index (κ3) is 3.02. The van der Waals surface area contributed by atoms with Gasteiger partial charge in [-0.1, -0.05) is 29.3 Å². The Balaban J connectivity index is 2.30. The zero-order valence-corrected chi connectivity index (χ0v) is 11.5. The molecule has 0 fully saturated rings. The smallest absolute Gasteiger partial charge is 0.0978 e. The molecule has 0 bridgehead atoms. The highest BCUT2D eigenvalue weighted by atomic mass is 35.5. The zero-order chi connectivity index (χ0) is 13.0. The predicted octanol–water partition coefficient (Wildman–Crippen LogP) is 2.78. The Kier molecular flexibility index (Phi) is 4.58. The number of rotatable bonds is 5. The Labute approximate surface area is 116 Å². The maximum absolute atomic E-state index is 6.06. The maximum atomic E-state index is 6.06. The van der Waals surface area contributed by atoms with Gasteiger partial charge in [-0.15, -0.1) is 0 Å². The van der Waals surface area contributed by atoms with Crippen LogP contribution in [0.2, 0.25) is 10.0 Å². The molecule has 0 amide bonds. The van der Waals surface area contributed by atoms with Gasteiger partial charge in [0.1, 0.15) is 0 Å². The van der Waals surface area contributed by atoms with Crippen LogP contribution in [0.3, 0.4) is 0 Å². The van der Waals surface area contributed by atoms with Crippen LogP contribution in [0.25, 0.3) is 0 Å². The molecular formula is C12H14Cl2N4. The van der Waals surface area contributed by atoms with Crippen molar-refractivity contribution in [1.29, 1.82) is 0 Å². The van der Waals surface area contributed by atoms with Crippen LogP contribution in [0.5, 0.6) is 0 Å². The van der Waals surface area contributed by atoms with Crippen LogP contribution in [-0.2, 0) is 0 Å². The molecule has 18 heavy (non-hydrogen) atoms. The highest BCUT2D eigenvalue weighted by Crippen LogP contribution is 2.28. The van der Waals surface area contributed by atoms with Crippen LogP contribution in [-0.4, -0.2) is 28.6 Å². The van der Waals surface area contributed by atoms with Gasteiger partial charge in [-0.3, -0.25) is 0 Å². The standard InChI is InChI=1S/C12H14Cl2N4/c1-15-5-4-12(18-16-6-7-17-18)9-2-3-10(13)11(14)8-9/h2-3,6-8,12,15H,4-5H2,1H3/t12-/m0/s1. The summed E-state index contributed by atoms with van der Waals surface area (Å²) >= 11 is 12.0. The quantitative estimate of drug-likeness (QED) is 0.918. The molecule has 6 heteroatoms. The first-order valence-corrected chi connectivity index (χ1v) is 6.43. The zero-order valence-electron chi connectivity index (χ0n) is 9.98. The van der Waals surface area contributed by atoms with Crippen molar-refractivity contribution in [3.05, 3.63) is 46.2 Å². The van der Waals surface area contributed by atoms with Crippen LogP contribution in [0.15, 0.2) is 30.6 Å². The summed E-state index contributed by atoms with van der Waals surface area (Å²) in [6, 6.07) is 5.68. The van der Waals surface area contributed by atoms with Gasteiger partial charge < -0.3 is 5.32 Å². The molecule has 0 saturated carbocycles. The fourth-order valence-electron chi connectivity index (χ4n) is 1.80. The minimum Gasteiger partial charge on any atom is -0.320 e. The molecule has 1 N–H and O–H groups in total. The van der Waals surface area contributed by atoms with E-state index in [2.05, 4.69) is 15.5 Å². The first-order valence-electron chi connectivity index (χ1n) is 5.67. The van der Waals surface area contributed by atoms with Crippen molar-refractivity contribution >= 4 is 23.2 Å². The maximum Gasteiger partial charge on any atom is 0.0978 e. The number of nitrogens with zero attached hydrogens (tertiary/aromatic N) is 3. The molecule has 0 aliphatic heterocycles. The summed E-state index contributed by atoms with van der Waals surface area (Å²) in [5.41, 5.74) is 1.05. The summed E-state index contributed by atoms with van der Waals surface area (Å²) < 4.78 is 0. The Bertz CT molecular complexity index is 499. The van der Waals surface area contributed by atoms with Crippen LogP contribution in [0.4, 0.5) is 0 Å². The summed E-state index contributed by atoms with van der Waals surface area (Å²) in [7, 11) is 1.92. The molecule has 1 heterocycles. The molecule has 1 atom stereocenters. The highest BCUT2D eigenvalue weighted by Gasteiger charge is 2.15. The van der Waals surface area contributed by atoms with E-state index in [-0.39, 0.29) is 6.04 Å². The Morgan fingerprint density at radius 2 is 1.94 bits per heavy atom. The molecule has 0 saturated heterocycles. The number of benzene rings is 1. The van der Waals surface area contributed by atoms with Gasteiger partial charge in [0.25, 0.3) is 0 Å². The van der Waals surface area contributed by atoms with E-state index < -0.39 is 0 Å². The SMILES string of the molecule is CNCC[C@@H](c1ccc(Cl)c(Cl)c1)n1nccn1. The van der Waals surface area contributed by atoms with E-state index in [1.165, 1.54) is 0 Å². The van der Waals surface area contributed by atoms with Gasteiger partial charge in [0.05, 0.1) is 28.5 Å². The molecule has 0 aliphatic rings. The Morgan fingerprint density at radius 3 is 2.56 bits per heavy atom. The molecule has 4 nitrogen and oxygen atoms in total. The molecule has 2 rings (SSSR count). The van der Waals surface area contributed by atoms with E-state index in [0.29, 0.717) is 10.0 Å². The minimum atomic E-state index is 0.0576. The van der Waals surface area contributed by atoms with Crippen molar-refractivity contribution in [2.45, 2.75) is 12.5 Å². The monoisotopic (exact) mass is 284 g/mol. The molecule has 0 spiro atoms. The van der Waals surface area contributed by atoms with Gasteiger partial charge in [0.2, 0.25) is 0 Å². The lowest BCUT2D eigenvalue weighted by Crippen LogP contribution is -2.19. The fourth-order valence-corrected chi connectivity index (χ4v) is 2.11. The predicted molar refractivity (Wildman–Crippen MR) is 73.2 cm³/mol. The summed E-state index contributed by atoms with van der Waals surface area (Å²) in [5, 5.41) is 12.6. The summed E-state index contributed by atoms with van der Waals surface area (Å²) in [6.45, 7) is 0.868. The molecule has 0 unspecified atom stereocenters. The summed E-state index contributed by atoms with van der Waals surface area (Å²) in [4.78, 5) is 1.69. The lowest BCUT2D eigenvalue weighted by molar-refractivity contribution is 0.430. The average Bonchev–Trinajstić information content (AvgIpc) is 2.88. The largest absolute Gasteiger partial charge is 0.320 e. The van der Waals surface area contributed by atoms with Gasteiger partial charge >= 0.3 is 0 Å². The van der Waals surface area contributed by atoms with Gasteiger partial charge in [-0.2, -0.15) is 15.0 Å². The van der Waals surface area contributed by atoms with Crippen molar-refractivity contribution in [3.8, 4) is 0 Å². The second kappa shape index (κ2) is 6.18. The lowest BCUT2D eigenvalue weighted by atomic mass is 10.0. The van der Waals surface area contributed by atoms with E-state index in [9.17, 15) is 0 Å². The van der Waals surface area contributed by atoms with Gasteiger partial charge in [0, 0.05) is 0 Å². The number of nitrogens with one attached hydrogen (secondary N) is 1. The Hall–Kier alpha value is -1.10. The third-order valence-electron chi connectivity index (χ3n) is 2.71. The van der Waals surface area contributed by atoms with E-state index in [1.807, 2.05) is 19.2 Å². The number of hydrogen-bond donors (Lipinski definition) is 1. The average molecular weight is 285 g/mol. The van der Waals surface area contributed by atoms with Gasteiger partial charge in [0.15, 0.2) is 0 Å². The van der Waals surface area contributed by atoms with Crippen molar-refractivity contribution in [1.82, 2.24) is 20.3 Å². The lowest BCUT2D eigenvalue weighted by Gasteiger charge is -2.17. The molecule has 2 aromatic rings. The van der Waals surface area contributed by atoms with Crippen molar-refractivity contribution in [3.63, 3.8) is 0 Å². The molecular weight excluding hydrogens is 271 g/mol. The third-order valence-corrected chi connectivity index (χ3v) is 3.45. The van der Waals surface area contributed by atoms with E-state index in [4.69, 9.17) is 23.2 Å². The van der Waals surface area contributed by atoms with E-state index in [1.54, 1.807) is 23.3 Å². The minimum absolute atomic E-state index is 0.0576. The van der Waals surface area contributed by atoms with Gasteiger partial charge in [-0.05, 0) is 37.7 Å². The second-order valence-corrected chi connectivity index (χ2v) is 4.75. The summed E-state index contributed by atoms with van der Waals surface area (Å²) in [6.07, 6.45) is 4.22. The molecule has 0 radical (unpaired) electrons. The van der Waals surface area contributed by atoms with Crippen LogP contribution >= 0.6 is 23.2 Å². The first-order chi connectivity index (χ1) is 8.72. The van der Waals surface area contributed by atoms with Gasteiger partial charge in [-0.25, -0.2) is 0 Å². The molecule has 1 aromatic carbocycles. The van der Waals surface area contributed by atoms with Crippen LogP contribution in [0, 0.1) is 0 Å². The van der Waals surface area contributed by atoms with Crippen molar-refractivity contribution in [2.75, 3.05) is 13.6 Å². The second-order valence-electron chi connectivity index (χ2n) is 3.93. The number of aromatic nitrogens is 3. The van der Waals surface area contributed by atoms with Crippen LogP contribution < -0.4 is 5.32 Å². The Morgan fingerprint density at radius 1 is 1.22 bits per heavy atom. The molecule has 96 valence electrons. The fraction of sp³-hybridized carbons (Fsp3) is 0.333. The highest BCUT2D eigenvalue weighted by molar-refractivity contribution is 6.42.